The van der Waals surface area contributed by atoms with E-state index < -0.39 is 0 Å². The van der Waals surface area contributed by atoms with Gasteiger partial charge in [0.15, 0.2) is 6.61 Å². The standard InChI is InChI=1S/C23H27N3O4/c1-23(2,3)18-11-6-7-12-19(18)29-15-21(27)26(4)14-20-24-22(25-30-20)16-9-8-10-17(13-16)28-5/h6-13H,14-15H2,1-5H3. The number of hydrogen-bond acceptors (Lipinski definition) is 6. The Bertz CT molecular complexity index is 1010. The average molecular weight is 409 g/mol. The van der Waals surface area contributed by atoms with Gasteiger partial charge in [-0.2, -0.15) is 4.98 Å². The molecule has 0 saturated carbocycles. The summed E-state index contributed by atoms with van der Waals surface area (Å²) in [5.41, 5.74) is 1.76. The van der Waals surface area contributed by atoms with Crippen molar-refractivity contribution in [1.82, 2.24) is 15.0 Å². The van der Waals surface area contributed by atoms with E-state index in [2.05, 4.69) is 30.9 Å². The molecular weight excluding hydrogens is 382 g/mol. The Balaban J connectivity index is 1.61. The minimum Gasteiger partial charge on any atom is -0.497 e. The second-order valence-electron chi connectivity index (χ2n) is 8.03. The topological polar surface area (TPSA) is 77.7 Å². The van der Waals surface area contributed by atoms with Crippen LogP contribution in [-0.4, -0.2) is 41.7 Å². The Morgan fingerprint density at radius 1 is 1.13 bits per heavy atom. The third-order valence-electron chi connectivity index (χ3n) is 4.64. The van der Waals surface area contributed by atoms with Gasteiger partial charge in [0.05, 0.1) is 13.7 Å². The van der Waals surface area contributed by atoms with Crippen LogP contribution >= 0.6 is 0 Å². The van der Waals surface area contributed by atoms with E-state index in [-0.39, 0.29) is 24.5 Å². The van der Waals surface area contributed by atoms with E-state index in [1.54, 1.807) is 14.2 Å². The number of amides is 1. The molecule has 0 fully saturated rings. The lowest BCUT2D eigenvalue weighted by Crippen LogP contribution is -2.31. The number of methoxy groups -OCH3 is 1. The van der Waals surface area contributed by atoms with E-state index in [0.29, 0.717) is 23.2 Å². The third-order valence-corrected chi connectivity index (χ3v) is 4.64. The van der Waals surface area contributed by atoms with Crippen molar-refractivity contribution < 1.29 is 18.8 Å². The summed E-state index contributed by atoms with van der Waals surface area (Å²) in [5, 5.41) is 4.00. The maximum absolute atomic E-state index is 12.5. The molecule has 0 N–H and O–H groups in total. The van der Waals surface area contributed by atoms with Gasteiger partial charge in [0.25, 0.3) is 5.91 Å². The summed E-state index contributed by atoms with van der Waals surface area (Å²) in [6.45, 7) is 6.45. The molecule has 7 heteroatoms. The molecule has 0 aliphatic rings. The smallest absolute Gasteiger partial charge is 0.260 e. The van der Waals surface area contributed by atoms with Gasteiger partial charge >= 0.3 is 0 Å². The molecule has 0 aliphatic carbocycles. The molecule has 1 heterocycles. The van der Waals surface area contributed by atoms with Crippen molar-refractivity contribution in [2.24, 2.45) is 0 Å². The number of nitrogens with zero attached hydrogens (tertiary/aromatic N) is 3. The molecule has 158 valence electrons. The van der Waals surface area contributed by atoms with Crippen LogP contribution in [0.1, 0.15) is 32.2 Å². The van der Waals surface area contributed by atoms with Crippen molar-refractivity contribution in [1.29, 1.82) is 0 Å². The zero-order chi connectivity index (χ0) is 21.7. The number of carbonyl (C=O) groups excluding carboxylic acids is 1. The first-order valence-electron chi connectivity index (χ1n) is 9.71. The first kappa shape index (κ1) is 21.4. The van der Waals surface area contributed by atoms with Crippen molar-refractivity contribution >= 4 is 5.91 Å². The summed E-state index contributed by atoms with van der Waals surface area (Å²) >= 11 is 0. The van der Waals surface area contributed by atoms with Crippen molar-refractivity contribution in [3.05, 3.63) is 60.0 Å². The minimum atomic E-state index is -0.181. The molecule has 3 rings (SSSR count). The fourth-order valence-electron chi connectivity index (χ4n) is 2.95. The molecule has 0 saturated heterocycles. The van der Waals surface area contributed by atoms with E-state index >= 15 is 0 Å². The van der Waals surface area contributed by atoms with E-state index in [9.17, 15) is 4.79 Å². The van der Waals surface area contributed by atoms with Gasteiger partial charge in [-0.3, -0.25) is 4.79 Å². The summed E-state index contributed by atoms with van der Waals surface area (Å²) in [7, 11) is 3.28. The molecule has 0 unspecified atom stereocenters. The highest BCUT2D eigenvalue weighted by molar-refractivity contribution is 5.77. The van der Waals surface area contributed by atoms with Crippen LogP contribution < -0.4 is 9.47 Å². The van der Waals surface area contributed by atoms with Gasteiger partial charge in [0.1, 0.15) is 11.5 Å². The van der Waals surface area contributed by atoms with Crippen LogP contribution in [0, 0.1) is 0 Å². The molecule has 0 aliphatic heterocycles. The maximum atomic E-state index is 12.5. The lowest BCUT2D eigenvalue weighted by molar-refractivity contribution is -0.132. The largest absolute Gasteiger partial charge is 0.497 e. The first-order valence-corrected chi connectivity index (χ1v) is 9.71. The fraction of sp³-hybridized carbons (Fsp3) is 0.348. The Labute approximate surface area is 176 Å². The number of hydrogen-bond donors (Lipinski definition) is 0. The van der Waals surface area contributed by atoms with E-state index in [0.717, 1.165) is 11.1 Å². The van der Waals surface area contributed by atoms with Crippen LogP contribution in [0.3, 0.4) is 0 Å². The van der Waals surface area contributed by atoms with Crippen LogP contribution in [0.4, 0.5) is 0 Å². The monoisotopic (exact) mass is 409 g/mol. The predicted octanol–water partition coefficient (Wildman–Crippen LogP) is 4.08. The van der Waals surface area contributed by atoms with Gasteiger partial charge in [-0.25, -0.2) is 0 Å². The van der Waals surface area contributed by atoms with Crippen LogP contribution in [-0.2, 0) is 16.8 Å². The average Bonchev–Trinajstić information content (AvgIpc) is 3.20. The maximum Gasteiger partial charge on any atom is 0.260 e. The van der Waals surface area contributed by atoms with Crippen molar-refractivity contribution in [2.45, 2.75) is 32.7 Å². The number of rotatable bonds is 7. The Morgan fingerprint density at radius 2 is 1.90 bits per heavy atom. The normalized spacial score (nSPS) is 11.2. The van der Waals surface area contributed by atoms with Gasteiger partial charge in [-0.05, 0) is 29.2 Å². The lowest BCUT2D eigenvalue weighted by atomic mass is 9.86. The summed E-state index contributed by atoms with van der Waals surface area (Å²) in [6.07, 6.45) is 0. The second kappa shape index (κ2) is 8.98. The van der Waals surface area contributed by atoms with E-state index in [1.807, 2.05) is 48.5 Å². The zero-order valence-electron chi connectivity index (χ0n) is 18.0. The SMILES string of the molecule is COc1cccc(-c2noc(CN(C)C(=O)COc3ccccc3C(C)(C)C)n2)c1. The first-order chi connectivity index (χ1) is 14.3. The van der Waals surface area contributed by atoms with E-state index in [1.165, 1.54) is 4.90 Å². The molecule has 0 bridgehead atoms. The quantitative estimate of drug-likeness (QED) is 0.585. The second-order valence-corrected chi connectivity index (χ2v) is 8.03. The number of para-hydroxylation sites is 1. The highest BCUT2D eigenvalue weighted by atomic mass is 16.5. The Morgan fingerprint density at radius 3 is 2.63 bits per heavy atom. The molecule has 7 nitrogen and oxygen atoms in total. The van der Waals surface area contributed by atoms with E-state index in [4.69, 9.17) is 14.0 Å². The molecule has 0 spiro atoms. The predicted molar refractivity (Wildman–Crippen MR) is 113 cm³/mol. The van der Waals surface area contributed by atoms with Crippen molar-refractivity contribution in [2.75, 3.05) is 20.8 Å². The molecule has 0 atom stereocenters. The van der Waals surface area contributed by atoms with Crippen LogP contribution in [0.2, 0.25) is 0 Å². The van der Waals surface area contributed by atoms with Crippen LogP contribution in [0.25, 0.3) is 11.4 Å². The fourth-order valence-corrected chi connectivity index (χ4v) is 2.95. The van der Waals surface area contributed by atoms with Crippen molar-refractivity contribution in [3.63, 3.8) is 0 Å². The number of aromatic nitrogens is 2. The number of benzene rings is 2. The molecule has 30 heavy (non-hydrogen) atoms. The number of ether oxygens (including phenoxy) is 2. The van der Waals surface area contributed by atoms with Gasteiger partial charge in [0.2, 0.25) is 11.7 Å². The molecule has 1 aromatic heterocycles. The number of carbonyl (C=O) groups is 1. The van der Waals surface area contributed by atoms with Gasteiger partial charge < -0.3 is 18.9 Å². The summed E-state index contributed by atoms with van der Waals surface area (Å²) in [6, 6.07) is 15.2. The van der Waals surface area contributed by atoms with Crippen LogP contribution in [0.15, 0.2) is 53.1 Å². The highest BCUT2D eigenvalue weighted by Crippen LogP contribution is 2.31. The molecule has 1 amide bonds. The molecule has 2 aromatic carbocycles. The summed E-state index contributed by atoms with van der Waals surface area (Å²) in [4.78, 5) is 18.4. The van der Waals surface area contributed by atoms with Gasteiger partial charge in [0, 0.05) is 12.6 Å². The third kappa shape index (κ3) is 5.17. The molecule has 0 radical (unpaired) electrons. The minimum absolute atomic E-state index is 0.0690. The van der Waals surface area contributed by atoms with Crippen molar-refractivity contribution in [3.8, 4) is 22.9 Å². The molecule has 3 aromatic rings. The van der Waals surface area contributed by atoms with Gasteiger partial charge in [-0.1, -0.05) is 56.3 Å². The Hall–Kier alpha value is -3.35. The summed E-state index contributed by atoms with van der Waals surface area (Å²) in [5.74, 6) is 2.03. The number of likely N-dealkylation sites (N-methyl/N-ethyl adjacent to an activating group) is 1. The summed E-state index contributed by atoms with van der Waals surface area (Å²) < 4.78 is 16.3. The Kier molecular flexibility index (Phi) is 6.40. The van der Waals surface area contributed by atoms with Crippen LogP contribution in [0.5, 0.6) is 11.5 Å². The highest BCUT2D eigenvalue weighted by Gasteiger charge is 2.20. The molecular formula is C23H27N3O4. The lowest BCUT2D eigenvalue weighted by Gasteiger charge is -2.23. The zero-order valence-corrected chi connectivity index (χ0v) is 18.0. The van der Waals surface area contributed by atoms with Gasteiger partial charge in [-0.15, -0.1) is 0 Å².